The monoisotopic (exact) mass is 364 g/mol. The van der Waals surface area contributed by atoms with Gasteiger partial charge in [0.1, 0.15) is 11.6 Å². The average molecular weight is 364 g/mol. The molecule has 6 nitrogen and oxygen atoms in total. The minimum atomic E-state index is -1.29. The minimum Gasteiger partial charge on any atom is -0.466 e. The highest BCUT2D eigenvalue weighted by Crippen LogP contribution is 2.28. The molecule has 2 atom stereocenters. The number of carbonyl (C=O) groups is 2. The Kier molecular flexibility index (Phi) is 4.76. The number of methoxy groups -OCH3 is 1. The topological polar surface area (TPSA) is 77.0 Å². The van der Waals surface area contributed by atoms with Crippen molar-refractivity contribution < 1.29 is 27.9 Å². The maximum absolute atomic E-state index is 13.4. The van der Waals surface area contributed by atoms with E-state index in [-0.39, 0.29) is 18.0 Å². The van der Waals surface area contributed by atoms with Crippen LogP contribution >= 0.6 is 0 Å². The molecular weight excluding hydrogens is 346 g/mol. The molecule has 0 saturated carbocycles. The third-order valence-electron chi connectivity index (χ3n) is 4.43. The molecule has 1 aliphatic heterocycles. The van der Waals surface area contributed by atoms with Gasteiger partial charge < -0.3 is 14.9 Å². The third-order valence-corrected chi connectivity index (χ3v) is 4.43. The number of benzene rings is 1. The van der Waals surface area contributed by atoms with Crippen molar-refractivity contribution in [2.24, 2.45) is 5.16 Å². The predicted molar refractivity (Wildman–Crippen MR) is 88.3 cm³/mol. The lowest BCUT2D eigenvalue weighted by atomic mass is 9.94. The molecule has 26 heavy (non-hydrogen) atoms. The average Bonchev–Trinajstić information content (AvgIpc) is 3.21. The van der Waals surface area contributed by atoms with Crippen LogP contribution in [0.4, 0.5) is 8.78 Å². The Labute approximate surface area is 148 Å². The molecule has 0 radical (unpaired) electrons. The lowest BCUT2D eigenvalue weighted by Gasteiger charge is -2.22. The van der Waals surface area contributed by atoms with Crippen LogP contribution in [-0.2, 0) is 19.2 Å². The van der Waals surface area contributed by atoms with E-state index in [1.807, 2.05) is 0 Å². The number of oxime groups is 1. The molecule has 1 aromatic carbocycles. The van der Waals surface area contributed by atoms with Crippen molar-refractivity contribution in [3.63, 3.8) is 0 Å². The molecule has 0 spiro atoms. The van der Waals surface area contributed by atoms with Crippen molar-refractivity contribution in [3.8, 4) is 0 Å². The Bertz CT molecular complexity index is 801. The Morgan fingerprint density at radius 2 is 2.00 bits per heavy atom. The molecule has 0 saturated heterocycles. The van der Waals surface area contributed by atoms with Crippen LogP contribution in [0.25, 0.3) is 0 Å². The highest BCUT2D eigenvalue weighted by Gasteiger charge is 2.43. The van der Waals surface area contributed by atoms with Gasteiger partial charge in [-0.15, -0.1) is 0 Å². The van der Waals surface area contributed by atoms with E-state index in [0.29, 0.717) is 24.1 Å². The number of amides is 1. The number of esters is 1. The van der Waals surface area contributed by atoms with Gasteiger partial charge in [0.05, 0.1) is 12.8 Å². The molecule has 138 valence electrons. The number of hydrogen-bond donors (Lipinski definition) is 1. The van der Waals surface area contributed by atoms with Crippen LogP contribution in [-0.4, -0.2) is 36.3 Å². The second-order valence-corrected chi connectivity index (χ2v) is 6.50. The molecule has 1 amide bonds. The van der Waals surface area contributed by atoms with Gasteiger partial charge in [0.15, 0.2) is 0 Å². The van der Waals surface area contributed by atoms with Gasteiger partial charge in [-0.1, -0.05) is 11.2 Å². The number of halogens is 2. The Hall–Kier alpha value is -2.77. The molecule has 1 aromatic rings. The molecule has 0 bridgehead atoms. The maximum Gasteiger partial charge on any atom is 0.333 e. The first kappa shape index (κ1) is 18.0. The van der Waals surface area contributed by atoms with E-state index in [0.717, 1.165) is 18.2 Å². The standard InChI is InChI=1S/C18H18F2N2O4/c1-18(17(24)21-14-4-3-10(7-14)16(23)25-2)9-15(22-26-18)11-5-12(19)8-13(20)6-11/h5-8,14H,3-4,9H2,1-2H3,(H,21,24)/t14-,18+/m0/s1. The summed E-state index contributed by atoms with van der Waals surface area (Å²) in [5.41, 5.74) is -0.256. The molecule has 2 aliphatic rings. The second kappa shape index (κ2) is 6.86. The molecule has 3 rings (SSSR count). The first-order chi connectivity index (χ1) is 12.3. The zero-order chi connectivity index (χ0) is 18.9. The van der Waals surface area contributed by atoms with Gasteiger partial charge in [0.25, 0.3) is 5.91 Å². The first-order valence-corrected chi connectivity index (χ1v) is 8.12. The van der Waals surface area contributed by atoms with Gasteiger partial charge in [-0.2, -0.15) is 0 Å². The van der Waals surface area contributed by atoms with E-state index < -0.39 is 29.1 Å². The lowest BCUT2D eigenvalue weighted by Crippen LogP contribution is -2.47. The van der Waals surface area contributed by atoms with Gasteiger partial charge in [-0.05, 0) is 31.9 Å². The summed E-state index contributed by atoms with van der Waals surface area (Å²) in [5.74, 6) is -2.29. The molecular formula is C18H18F2N2O4. The number of nitrogens with zero attached hydrogens (tertiary/aromatic N) is 1. The predicted octanol–water partition coefficient (Wildman–Crippen LogP) is 2.23. The molecule has 1 N–H and O–H groups in total. The van der Waals surface area contributed by atoms with E-state index in [2.05, 4.69) is 15.2 Å². The number of ether oxygens (including phenoxy) is 1. The van der Waals surface area contributed by atoms with Crippen LogP contribution in [0.5, 0.6) is 0 Å². The largest absolute Gasteiger partial charge is 0.466 e. The quantitative estimate of drug-likeness (QED) is 0.831. The van der Waals surface area contributed by atoms with Gasteiger partial charge >= 0.3 is 5.97 Å². The fourth-order valence-electron chi connectivity index (χ4n) is 2.99. The molecule has 8 heteroatoms. The number of carbonyl (C=O) groups excluding carboxylic acids is 2. The van der Waals surface area contributed by atoms with Crippen LogP contribution in [0, 0.1) is 11.6 Å². The van der Waals surface area contributed by atoms with Gasteiger partial charge in [0.2, 0.25) is 5.60 Å². The van der Waals surface area contributed by atoms with Crippen molar-refractivity contribution in [1.29, 1.82) is 0 Å². The molecule has 1 heterocycles. The highest BCUT2D eigenvalue weighted by molar-refractivity contribution is 6.05. The van der Waals surface area contributed by atoms with Crippen molar-refractivity contribution in [2.45, 2.75) is 37.8 Å². The van der Waals surface area contributed by atoms with Crippen LogP contribution < -0.4 is 5.32 Å². The minimum absolute atomic E-state index is 0.0714. The van der Waals surface area contributed by atoms with E-state index in [4.69, 9.17) is 4.84 Å². The third kappa shape index (κ3) is 3.58. The summed E-state index contributed by atoms with van der Waals surface area (Å²) in [7, 11) is 1.30. The van der Waals surface area contributed by atoms with Crippen molar-refractivity contribution >= 4 is 17.6 Å². The zero-order valence-electron chi connectivity index (χ0n) is 14.3. The fraction of sp³-hybridized carbons (Fsp3) is 0.389. The smallest absolute Gasteiger partial charge is 0.333 e. The SMILES string of the molecule is COC(=O)C1=C[C@@H](NC(=O)[C@@]2(C)CC(c3cc(F)cc(F)c3)=NO2)CC1. The van der Waals surface area contributed by atoms with Crippen molar-refractivity contribution in [1.82, 2.24) is 5.32 Å². The fourth-order valence-corrected chi connectivity index (χ4v) is 2.99. The summed E-state index contributed by atoms with van der Waals surface area (Å²) in [4.78, 5) is 29.4. The molecule has 0 unspecified atom stereocenters. The van der Waals surface area contributed by atoms with E-state index in [1.165, 1.54) is 7.11 Å². The number of rotatable bonds is 4. The van der Waals surface area contributed by atoms with E-state index in [9.17, 15) is 18.4 Å². The number of hydrogen-bond acceptors (Lipinski definition) is 5. The second-order valence-electron chi connectivity index (χ2n) is 6.50. The summed E-state index contributed by atoms with van der Waals surface area (Å²) >= 11 is 0. The Morgan fingerprint density at radius 3 is 2.65 bits per heavy atom. The summed E-state index contributed by atoms with van der Waals surface area (Å²) in [6.07, 6.45) is 2.82. The Balaban J connectivity index is 1.66. The van der Waals surface area contributed by atoms with E-state index in [1.54, 1.807) is 13.0 Å². The molecule has 0 aromatic heterocycles. The van der Waals surface area contributed by atoms with Gasteiger partial charge in [0, 0.05) is 29.7 Å². The maximum atomic E-state index is 13.4. The van der Waals surface area contributed by atoms with Gasteiger partial charge in [-0.25, -0.2) is 13.6 Å². The van der Waals surface area contributed by atoms with E-state index >= 15 is 0 Å². The molecule has 0 fully saturated rings. The first-order valence-electron chi connectivity index (χ1n) is 8.12. The summed E-state index contributed by atoms with van der Waals surface area (Å²) < 4.78 is 31.4. The zero-order valence-corrected chi connectivity index (χ0v) is 14.3. The van der Waals surface area contributed by atoms with Crippen LogP contribution in [0.1, 0.15) is 31.7 Å². The normalized spacial score (nSPS) is 24.5. The highest BCUT2D eigenvalue weighted by atomic mass is 19.1. The van der Waals surface area contributed by atoms with Crippen LogP contribution in [0.2, 0.25) is 0 Å². The summed E-state index contributed by atoms with van der Waals surface area (Å²) in [5, 5.41) is 6.62. The van der Waals surface area contributed by atoms with Crippen LogP contribution in [0.3, 0.4) is 0 Å². The summed E-state index contributed by atoms with van der Waals surface area (Å²) in [6, 6.07) is 2.72. The lowest BCUT2D eigenvalue weighted by molar-refractivity contribution is -0.142. The summed E-state index contributed by atoms with van der Waals surface area (Å²) in [6.45, 7) is 1.55. The van der Waals surface area contributed by atoms with Crippen LogP contribution in [0.15, 0.2) is 35.0 Å². The van der Waals surface area contributed by atoms with Gasteiger partial charge in [-0.3, -0.25) is 4.79 Å². The Morgan fingerprint density at radius 1 is 1.31 bits per heavy atom. The number of nitrogens with one attached hydrogen (secondary N) is 1. The van der Waals surface area contributed by atoms with Crippen molar-refractivity contribution in [3.05, 3.63) is 47.0 Å². The van der Waals surface area contributed by atoms with Crippen molar-refractivity contribution in [2.75, 3.05) is 7.11 Å². The molecule has 1 aliphatic carbocycles.